The highest BCUT2D eigenvalue weighted by Gasteiger charge is 2.36. The predicted molar refractivity (Wildman–Crippen MR) is 123 cm³/mol. The Bertz CT molecular complexity index is 804. The van der Waals surface area contributed by atoms with Gasteiger partial charge in [0, 0.05) is 19.5 Å². The van der Waals surface area contributed by atoms with Gasteiger partial charge < -0.3 is 9.64 Å². The van der Waals surface area contributed by atoms with Gasteiger partial charge in [0.05, 0.1) is 24.5 Å². The lowest BCUT2D eigenvalue weighted by molar-refractivity contribution is -0.136. The molecule has 1 N–H and O–H groups in total. The van der Waals surface area contributed by atoms with Gasteiger partial charge in [-0.05, 0) is 55.9 Å². The lowest BCUT2D eigenvalue weighted by Gasteiger charge is -2.42. The molecule has 0 radical (unpaired) electrons. The van der Waals surface area contributed by atoms with Gasteiger partial charge in [-0.25, -0.2) is 13.1 Å². The monoisotopic (exact) mass is 450 g/mol. The molecule has 2 atom stereocenters. The van der Waals surface area contributed by atoms with E-state index >= 15 is 0 Å². The summed E-state index contributed by atoms with van der Waals surface area (Å²) in [6.45, 7) is 7.16. The molecule has 2 aliphatic rings. The fourth-order valence-electron chi connectivity index (χ4n) is 5.01. The molecule has 1 aliphatic carbocycles. The maximum atomic E-state index is 12.8. The third kappa shape index (κ3) is 7.02. The van der Waals surface area contributed by atoms with Crippen LogP contribution in [0.5, 0.6) is 0 Å². The van der Waals surface area contributed by atoms with E-state index in [1.54, 1.807) is 11.8 Å². The second kappa shape index (κ2) is 10.9. The van der Waals surface area contributed by atoms with Gasteiger partial charge in [0.25, 0.3) is 0 Å². The summed E-state index contributed by atoms with van der Waals surface area (Å²) in [5.41, 5.74) is 0.754. The first-order valence-electron chi connectivity index (χ1n) is 11.7. The zero-order chi connectivity index (χ0) is 22.4. The molecular weight excluding hydrogens is 412 g/mol. The zero-order valence-corrected chi connectivity index (χ0v) is 19.9. The number of amides is 1. The van der Waals surface area contributed by atoms with Crippen molar-refractivity contribution in [1.82, 2.24) is 9.62 Å². The van der Waals surface area contributed by atoms with Crippen molar-refractivity contribution in [3.63, 3.8) is 0 Å². The first-order valence-corrected chi connectivity index (χ1v) is 13.3. The maximum Gasteiger partial charge on any atom is 0.219 e. The molecule has 7 heteroatoms. The Kier molecular flexibility index (Phi) is 8.53. The highest BCUT2D eigenvalue weighted by Crippen LogP contribution is 2.32. The van der Waals surface area contributed by atoms with Gasteiger partial charge in [-0.1, -0.05) is 44.2 Å². The standard InChI is InChI=1S/C24H38N2O4S/c1-18(2)21-11-13-22(14-12-21)30-16-24-23(10-7-15-26(24)19(3)27)25-31(28,29)17-20-8-5-4-6-9-20/h4-6,8-9,18,21-25H,7,10-17H2,1-3H3. The Balaban J connectivity index is 1.63. The van der Waals surface area contributed by atoms with Crippen LogP contribution in [-0.4, -0.2) is 50.6 Å². The van der Waals surface area contributed by atoms with E-state index in [0.29, 0.717) is 25.5 Å². The summed E-state index contributed by atoms with van der Waals surface area (Å²) in [4.78, 5) is 14.1. The molecule has 1 amide bonds. The number of nitrogens with zero attached hydrogens (tertiary/aromatic N) is 1. The molecule has 1 saturated heterocycles. The molecule has 0 bridgehead atoms. The molecule has 2 fully saturated rings. The number of piperidine rings is 1. The van der Waals surface area contributed by atoms with Crippen LogP contribution in [0.25, 0.3) is 0 Å². The van der Waals surface area contributed by atoms with Crippen LogP contribution in [0.3, 0.4) is 0 Å². The average molecular weight is 451 g/mol. The van der Waals surface area contributed by atoms with Crippen molar-refractivity contribution in [2.45, 2.75) is 83.2 Å². The van der Waals surface area contributed by atoms with Gasteiger partial charge in [0.1, 0.15) is 0 Å². The van der Waals surface area contributed by atoms with E-state index in [9.17, 15) is 13.2 Å². The molecule has 174 valence electrons. The molecule has 31 heavy (non-hydrogen) atoms. The van der Waals surface area contributed by atoms with Crippen LogP contribution in [0.1, 0.15) is 64.9 Å². The quantitative estimate of drug-likeness (QED) is 0.655. The molecule has 1 aromatic rings. The van der Waals surface area contributed by atoms with Crippen molar-refractivity contribution in [2.24, 2.45) is 11.8 Å². The summed E-state index contributed by atoms with van der Waals surface area (Å²) in [5, 5.41) is 0. The van der Waals surface area contributed by atoms with Crippen molar-refractivity contribution in [2.75, 3.05) is 13.2 Å². The average Bonchev–Trinajstić information content (AvgIpc) is 2.73. The van der Waals surface area contributed by atoms with Crippen LogP contribution < -0.4 is 4.72 Å². The second-order valence-electron chi connectivity index (χ2n) is 9.51. The minimum Gasteiger partial charge on any atom is -0.376 e. The van der Waals surface area contributed by atoms with E-state index in [0.717, 1.165) is 30.7 Å². The number of carbonyl (C=O) groups is 1. The van der Waals surface area contributed by atoms with E-state index in [1.165, 1.54) is 12.8 Å². The summed E-state index contributed by atoms with van der Waals surface area (Å²) < 4.78 is 34.8. The molecule has 1 aliphatic heterocycles. The largest absolute Gasteiger partial charge is 0.376 e. The van der Waals surface area contributed by atoms with Gasteiger partial charge >= 0.3 is 0 Å². The summed E-state index contributed by atoms with van der Waals surface area (Å²) in [6, 6.07) is 8.60. The van der Waals surface area contributed by atoms with Crippen molar-refractivity contribution in [3.05, 3.63) is 35.9 Å². The van der Waals surface area contributed by atoms with E-state index in [-0.39, 0.29) is 29.8 Å². The minimum atomic E-state index is -3.52. The van der Waals surface area contributed by atoms with Gasteiger partial charge in [-0.2, -0.15) is 0 Å². The lowest BCUT2D eigenvalue weighted by Crippen LogP contribution is -2.58. The number of likely N-dealkylation sites (tertiary alicyclic amines) is 1. The summed E-state index contributed by atoms with van der Waals surface area (Å²) in [7, 11) is -3.52. The van der Waals surface area contributed by atoms with Crippen LogP contribution in [0, 0.1) is 11.8 Å². The Labute approximate surface area is 187 Å². The van der Waals surface area contributed by atoms with E-state index in [4.69, 9.17) is 4.74 Å². The number of sulfonamides is 1. The number of benzene rings is 1. The minimum absolute atomic E-state index is 0.0240. The van der Waals surface area contributed by atoms with Crippen LogP contribution in [0.4, 0.5) is 0 Å². The van der Waals surface area contributed by atoms with Crippen molar-refractivity contribution in [3.8, 4) is 0 Å². The number of hydrogen-bond acceptors (Lipinski definition) is 4. The second-order valence-corrected chi connectivity index (χ2v) is 11.3. The summed E-state index contributed by atoms with van der Waals surface area (Å²) >= 11 is 0. The van der Waals surface area contributed by atoms with Gasteiger partial charge in [-0.15, -0.1) is 0 Å². The maximum absolute atomic E-state index is 12.8. The predicted octanol–water partition coefficient (Wildman–Crippen LogP) is 3.72. The Morgan fingerprint density at radius 1 is 1.13 bits per heavy atom. The number of nitrogens with one attached hydrogen (secondary N) is 1. The highest BCUT2D eigenvalue weighted by atomic mass is 32.2. The first kappa shape index (κ1) is 24.2. The van der Waals surface area contributed by atoms with Crippen LogP contribution in [0.15, 0.2) is 30.3 Å². The Hall–Kier alpha value is -1.44. The third-order valence-corrected chi connectivity index (χ3v) is 8.25. The Morgan fingerprint density at radius 2 is 1.81 bits per heavy atom. The van der Waals surface area contributed by atoms with Gasteiger partial charge in [0.2, 0.25) is 15.9 Å². The van der Waals surface area contributed by atoms with Crippen LogP contribution >= 0.6 is 0 Å². The van der Waals surface area contributed by atoms with Gasteiger partial charge in [-0.3, -0.25) is 4.79 Å². The Morgan fingerprint density at radius 3 is 2.42 bits per heavy atom. The van der Waals surface area contributed by atoms with Crippen molar-refractivity contribution < 1.29 is 17.9 Å². The van der Waals surface area contributed by atoms with Crippen LogP contribution in [-0.2, 0) is 25.3 Å². The number of carbonyl (C=O) groups excluding carboxylic acids is 1. The van der Waals surface area contributed by atoms with E-state index in [1.807, 2.05) is 30.3 Å². The normalized spacial score (nSPS) is 27.4. The molecule has 1 aromatic carbocycles. The molecule has 0 spiro atoms. The molecule has 2 unspecified atom stereocenters. The molecular formula is C24H38N2O4S. The van der Waals surface area contributed by atoms with Gasteiger partial charge in [0.15, 0.2) is 0 Å². The van der Waals surface area contributed by atoms with Crippen LogP contribution in [0.2, 0.25) is 0 Å². The molecule has 3 rings (SSSR count). The molecule has 6 nitrogen and oxygen atoms in total. The number of ether oxygens (including phenoxy) is 1. The first-order chi connectivity index (χ1) is 14.7. The summed E-state index contributed by atoms with van der Waals surface area (Å²) in [5.74, 6) is 1.39. The molecule has 1 saturated carbocycles. The van der Waals surface area contributed by atoms with Crippen molar-refractivity contribution in [1.29, 1.82) is 0 Å². The van der Waals surface area contributed by atoms with E-state index in [2.05, 4.69) is 18.6 Å². The lowest BCUT2D eigenvalue weighted by atomic mass is 9.80. The third-order valence-electron chi connectivity index (χ3n) is 6.88. The topological polar surface area (TPSA) is 75.7 Å². The highest BCUT2D eigenvalue weighted by molar-refractivity contribution is 7.88. The number of rotatable bonds is 8. The number of hydrogen-bond donors (Lipinski definition) is 1. The fourth-order valence-corrected chi connectivity index (χ4v) is 6.46. The van der Waals surface area contributed by atoms with E-state index < -0.39 is 10.0 Å². The smallest absolute Gasteiger partial charge is 0.219 e. The molecule has 0 aromatic heterocycles. The summed E-state index contributed by atoms with van der Waals surface area (Å²) in [6.07, 6.45) is 6.14. The zero-order valence-electron chi connectivity index (χ0n) is 19.1. The molecule has 1 heterocycles. The van der Waals surface area contributed by atoms with Crippen molar-refractivity contribution >= 4 is 15.9 Å². The fraction of sp³-hybridized carbons (Fsp3) is 0.708. The SMILES string of the molecule is CC(=O)N1CCCC(NS(=O)(=O)Cc2ccccc2)C1COC1CCC(C(C)C)CC1.